The molecule has 30 heavy (non-hydrogen) atoms. The lowest BCUT2D eigenvalue weighted by Crippen LogP contribution is -2.57. The lowest BCUT2D eigenvalue weighted by atomic mass is 9.73. The van der Waals surface area contributed by atoms with Gasteiger partial charge in [-0.05, 0) is 19.3 Å². The van der Waals surface area contributed by atoms with E-state index in [0.29, 0.717) is 5.57 Å². The Balaban J connectivity index is 0.000000224. The van der Waals surface area contributed by atoms with Crippen molar-refractivity contribution >= 4 is 29.7 Å². The highest BCUT2D eigenvalue weighted by Gasteiger charge is 2.49. The second-order valence-corrected chi connectivity index (χ2v) is 7.17. The summed E-state index contributed by atoms with van der Waals surface area (Å²) >= 11 is 0. The van der Waals surface area contributed by atoms with Crippen LogP contribution >= 0.6 is 0 Å². The summed E-state index contributed by atoms with van der Waals surface area (Å²) in [4.78, 5) is 56.0. The van der Waals surface area contributed by atoms with Crippen LogP contribution in [0, 0.1) is 0 Å². The van der Waals surface area contributed by atoms with E-state index in [2.05, 4.69) is 0 Å². The van der Waals surface area contributed by atoms with Crippen LogP contribution in [0.1, 0.15) is 32.1 Å². The van der Waals surface area contributed by atoms with Crippen molar-refractivity contribution < 1.29 is 49.5 Å². The molecule has 1 unspecified atom stereocenters. The van der Waals surface area contributed by atoms with Gasteiger partial charge >= 0.3 is 23.9 Å². The van der Waals surface area contributed by atoms with E-state index in [-0.39, 0.29) is 11.4 Å². The summed E-state index contributed by atoms with van der Waals surface area (Å²) in [5, 5.41) is 43.0. The number of allylic oxidation sites excluding steroid dienone is 2. The Hall–Kier alpha value is -3.47. The van der Waals surface area contributed by atoms with E-state index >= 15 is 0 Å². The minimum atomic E-state index is -2.74. The summed E-state index contributed by atoms with van der Waals surface area (Å²) in [6, 6.07) is 0. The molecule has 3 rings (SSSR count). The quantitative estimate of drug-likeness (QED) is 0.387. The minimum absolute atomic E-state index is 0.0559. The van der Waals surface area contributed by atoms with Crippen LogP contribution in [0.3, 0.4) is 0 Å². The van der Waals surface area contributed by atoms with Crippen molar-refractivity contribution in [1.29, 1.82) is 0 Å². The van der Waals surface area contributed by atoms with Crippen LogP contribution in [0.25, 0.3) is 0 Å². The number of fused-ring (bicyclic) bond motifs is 1. The molecular formula is C19H21NO10. The zero-order valence-corrected chi connectivity index (χ0v) is 15.8. The Morgan fingerprint density at radius 1 is 1.03 bits per heavy atom. The van der Waals surface area contributed by atoms with Gasteiger partial charge in [-0.1, -0.05) is 18.2 Å². The second-order valence-electron chi connectivity index (χ2n) is 7.17. The fourth-order valence-corrected chi connectivity index (χ4v) is 3.63. The second kappa shape index (κ2) is 8.49. The Morgan fingerprint density at radius 2 is 1.63 bits per heavy atom. The molecule has 5 N–H and O–H groups in total. The van der Waals surface area contributed by atoms with E-state index in [9.17, 15) is 24.0 Å². The largest absolute Gasteiger partial charge is 0.481 e. The van der Waals surface area contributed by atoms with E-state index in [4.69, 9.17) is 25.5 Å². The third-order valence-corrected chi connectivity index (χ3v) is 5.08. The highest BCUT2D eigenvalue weighted by atomic mass is 16.4. The first-order valence-corrected chi connectivity index (χ1v) is 8.99. The van der Waals surface area contributed by atoms with Gasteiger partial charge in [0.25, 0.3) is 0 Å². The third-order valence-electron chi connectivity index (χ3n) is 5.08. The number of nitrogens with zero attached hydrogens (tertiary/aromatic N) is 1. The highest BCUT2D eigenvalue weighted by molar-refractivity contribution is 6.16. The Labute approximate surface area is 170 Å². The van der Waals surface area contributed by atoms with E-state index in [1.165, 1.54) is 0 Å². The molecule has 1 aliphatic carbocycles. The number of aliphatic hydroxyl groups is 1. The molecule has 0 aromatic heterocycles. The molecule has 162 valence electrons. The van der Waals surface area contributed by atoms with Crippen molar-refractivity contribution in [3.8, 4) is 0 Å². The fourth-order valence-electron chi connectivity index (χ4n) is 3.63. The van der Waals surface area contributed by atoms with Crippen LogP contribution in [0.2, 0.25) is 0 Å². The molecule has 0 radical (unpaired) electrons. The molecule has 1 spiro atoms. The van der Waals surface area contributed by atoms with Crippen LogP contribution in [-0.2, 0) is 24.0 Å². The van der Waals surface area contributed by atoms with Crippen LogP contribution in [0.15, 0.2) is 35.6 Å². The number of carboxylic acid groups (broad SMARTS) is 4. The number of carboxylic acids is 4. The van der Waals surface area contributed by atoms with Crippen LogP contribution in [0.4, 0.5) is 0 Å². The number of carbonyl (C=O) groups is 5. The number of hydrogen-bond acceptors (Lipinski definition) is 7. The molecular weight excluding hydrogens is 402 g/mol. The van der Waals surface area contributed by atoms with Gasteiger partial charge in [0.15, 0.2) is 11.4 Å². The fraction of sp³-hybridized carbons (Fsp3) is 0.421. The van der Waals surface area contributed by atoms with Crippen molar-refractivity contribution in [1.82, 2.24) is 4.90 Å². The van der Waals surface area contributed by atoms with Gasteiger partial charge in [0.1, 0.15) is 5.54 Å². The Bertz CT molecular complexity index is 868. The SMILES string of the molecule is O=C(O)C1=CN2CCCCC23C=CC=C1C3=O.O=C(O)CC(O)(CC(=O)O)C(=O)O. The summed E-state index contributed by atoms with van der Waals surface area (Å²) < 4.78 is 0. The highest BCUT2D eigenvalue weighted by Crippen LogP contribution is 2.40. The van der Waals surface area contributed by atoms with Gasteiger partial charge in [-0.3, -0.25) is 14.4 Å². The lowest BCUT2D eigenvalue weighted by molar-refractivity contribution is -0.170. The van der Waals surface area contributed by atoms with Gasteiger partial charge in [0.05, 0.1) is 18.4 Å². The van der Waals surface area contributed by atoms with Crippen molar-refractivity contribution in [3.05, 3.63) is 35.6 Å². The predicted molar refractivity (Wildman–Crippen MR) is 98.3 cm³/mol. The summed E-state index contributed by atoms with van der Waals surface area (Å²) in [7, 11) is 0. The molecule has 2 heterocycles. The van der Waals surface area contributed by atoms with Crippen LogP contribution in [0.5, 0.6) is 0 Å². The lowest BCUT2D eigenvalue weighted by Gasteiger charge is -2.48. The van der Waals surface area contributed by atoms with E-state index < -0.39 is 47.9 Å². The van der Waals surface area contributed by atoms with Crippen LogP contribution in [-0.4, -0.2) is 77.8 Å². The van der Waals surface area contributed by atoms with E-state index in [1.807, 2.05) is 17.1 Å². The molecule has 11 heteroatoms. The van der Waals surface area contributed by atoms with Crippen molar-refractivity contribution in [3.63, 3.8) is 0 Å². The third kappa shape index (κ3) is 4.40. The molecule has 0 amide bonds. The maximum atomic E-state index is 12.4. The molecule has 2 aliphatic heterocycles. The van der Waals surface area contributed by atoms with Gasteiger partial charge in [-0.2, -0.15) is 0 Å². The maximum absolute atomic E-state index is 12.4. The molecule has 1 fully saturated rings. The molecule has 1 atom stereocenters. The molecule has 2 bridgehead atoms. The molecule has 1 saturated heterocycles. The first kappa shape index (κ1) is 22.8. The van der Waals surface area contributed by atoms with Gasteiger partial charge in [-0.25, -0.2) is 9.59 Å². The monoisotopic (exact) mass is 423 g/mol. The minimum Gasteiger partial charge on any atom is -0.481 e. The summed E-state index contributed by atoms with van der Waals surface area (Å²) in [6.07, 6.45) is 7.48. The summed E-state index contributed by atoms with van der Waals surface area (Å²) in [6.45, 7) is 0.750. The topological polar surface area (TPSA) is 190 Å². The van der Waals surface area contributed by atoms with Crippen LogP contribution < -0.4 is 0 Å². The molecule has 0 aromatic carbocycles. The number of rotatable bonds is 6. The van der Waals surface area contributed by atoms with Gasteiger partial charge in [0.2, 0.25) is 0 Å². The zero-order chi connectivity index (χ0) is 22.7. The van der Waals surface area contributed by atoms with Crippen molar-refractivity contribution in [2.45, 2.75) is 43.2 Å². The number of hydrogen-bond donors (Lipinski definition) is 5. The van der Waals surface area contributed by atoms with Gasteiger partial charge in [0, 0.05) is 18.3 Å². The predicted octanol–water partition coefficient (Wildman–Crippen LogP) is 0.0100. The number of Topliss-reactive ketones (excluding diaryl/α,β-unsaturated/α-hetero) is 1. The molecule has 0 aromatic rings. The Morgan fingerprint density at radius 3 is 2.13 bits per heavy atom. The maximum Gasteiger partial charge on any atom is 0.337 e. The molecule has 0 saturated carbocycles. The van der Waals surface area contributed by atoms with E-state index in [0.717, 1.165) is 25.8 Å². The number of aliphatic carboxylic acids is 4. The number of ketones is 1. The average molecular weight is 423 g/mol. The van der Waals surface area contributed by atoms with E-state index in [1.54, 1.807) is 12.3 Å². The standard InChI is InChI=1S/C13H13NO3.C6H8O7/c15-11-9-4-3-6-13(11)5-1-2-7-14(13)8-10(9)12(16)17;7-3(8)1-6(13,5(11)12)2-4(9)10/h3-4,6,8H,1-2,5,7H2,(H,16,17);13H,1-2H2,(H,7,8)(H,9,10)(H,11,12). The zero-order valence-electron chi connectivity index (χ0n) is 15.8. The number of piperidine rings is 1. The molecule has 3 aliphatic rings. The van der Waals surface area contributed by atoms with Gasteiger partial charge < -0.3 is 30.4 Å². The van der Waals surface area contributed by atoms with Crippen molar-refractivity contribution in [2.75, 3.05) is 6.54 Å². The Kier molecular flexibility index (Phi) is 6.46. The normalized spacial score (nSPS) is 22.0. The summed E-state index contributed by atoms with van der Waals surface area (Å²) in [5.74, 6) is -6.10. The average Bonchev–Trinajstić information content (AvgIpc) is 2.60. The number of carbonyl (C=O) groups excluding carboxylic acids is 1. The van der Waals surface area contributed by atoms with Crippen molar-refractivity contribution in [2.24, 2.45) is 0 Å². The molecule has 11 nitrogen and oxygen atoms in total. The summed E-state index contributed by atoms with van der Waals surface area (Å²) in [5.41, 5.74) is -2.87. The smallest absolute Gasteiger partial charge is 0.337 e. The van der Waals surface area contributed by atoms with Gasteiger partial charge in [-0.15, -0.1) is 0 Å². The first-order chi connectivity index (χ1) is 13.9. The first-order valence-electron chi connectivity index (χ1n) is 8.99.